The van der Waals surface area contributed by atoms with Gasteiger partial charge < -0.3 is 10.8 Å². The molecule has 92 valence electrons. The molecular formula is C11H16ClF2NO. The third kappa shape index (κ3) is 2.90. The van der Waals surface area contributed by atoms with Crippen LogP contribution in [0.5, 0.6) is 0 Å². The van der Waals surface area contributed by atoms with Crippen LogP contribution < -0.4 is 5.73 Å². The van der Waals surface area contributed by atoms with Gasteiger partial charge in [0, 0.05) is 5.56 Å². The van der Waals surface area contributed by atoms with Gasteiger partial charge in [-0.25, -0.2) is 8.78 Å². The van der Waals surface area contributed by atoms with Gasteiger partial charge in [-0.1, -0.05) is 19.1 Å². The van der Waals surface area contributed by atoms with Gasteiger partial charge in [0.05, 0.1) is 12.1 Å². The van der Waals surface area contributed by atoms with E-state index in [4.69, 9.17) is 5.73 Å². The quantitative estimate of drug-likeness (QED) is 0.867. The van der Waals surface area contributed by atoms with Crippen LogP contribution in [0.3, 0.4) is 0 Å². The molecule has 5 heteroatoms. The summed E-state index contributed by atoms with van der Waals surface area (Å²) in [6.45, 7) is 3.21. The molecule has 0 bridgehead atoms. The van der Waals surface area contributed by atoms with Gasteiger partial charge in [-0.2, -0.15) is 0 Å². The van der Waals surface area contributed by atoms with Gasteiger partial charge in [0.2, 0.25) is 0 Å². The lowest BCUT2D eigenvalue weighted by Gasteiger charge is -2.18. The highest BCUT2D eigenvalue weighted by atomic mass is 35.5. The first-order valence-electron chi connectivity index (χ1n) is 4.87. The van der Waals surface area contributed by atoms with Crippen molar-refractivity contribution < 1.29 is 13.9 Å². The predicted molar refractivity (Wildman–Crippen MR) is 61.6 cm³/mol. The first kappa shape index (κ1) is 15.3. The highest BCUT2D eigenvalue weighted by Crippen LogP contribution is 2.23. The number of benzene rings is 1. The minimum Gasteiger partial charge on any atom is -0.391 e. The van der Waals surface area contributed by atoms with E-state index in [0.29, 0.717) is 6.42 Å². The van der Waals surface area contributed by atoms with Crippen molar-refractivity contribution in [3.8, 4) is 0 Å². The van der Waals surface area contributed by atoms with Crippen molar-refractivity contribution in [3.05, 3.63) is 34.9 Å². The van der Waals surface area contributed by atoms with Crippen LogP contribution in [-0.4, -0.2) is 11.2 Å². The number of nitrogens with two attached hydrogens (primary N) is 1. The molecular weight excluding hydrogens is 236 g/mol. The van der Waals surface area contributed by atoms with Crippen molar-refractivity contribution in [2.75, 3.05) is 0 Å². The molecule has 0 heterocycles. The maximum Gasteiger partial charge on any atom is 0.163 e. The average molecular weight is 252 g/mol. The molecule has 1 rings (SSSR count). The molecule has 0 fully saturated rings. The van der Waals surface area contributed by atoms with Gasteiger partial charge in [-0.15, -0.1) is 12.4 Å². The van der Waals surface area contributed by atoms with Gasteiger partial charge >= 0.3 is 0 Å². The SMILES string of the molecule is CC[C@@H](O)[C@@H](N)c1ccc(C)c(F)c1F.Cl. The molecule has 16 heavy (non-hydrogen) atoms. The molecule has 0 spiro atoms. The molecule has 0 saturated heterocycles. The van der Waals surface area contributed by atoms with Crippen LogP contribution in [0.4, 0.5) is 8.78 Å². The van der Waals surface area contributed by atoms with Crippen LogP contribution in [0.25, 0.3) is 0 Å². The lowest BCUT2D eigenvalue weighted by atomic mass is 9.98. The van der Waals surface area contributed by atoms with E-state index in [9.17, 15) is 13.9 Å². The molecule has 0 aromatic heterocycles. The topological polar surface area (TPSA) is 46.2 Å². The monoisotopic (exact) mass is 251 g/mol. The van der Waals surface area contributed by atoms with Crippen molar-refractivity contribution in [3.63, 3.8) is 0 Å². The Balaban J connectivity index is 0.00000225. The van der Waals surface area contributed by atoms with Crippen molar-refractivity contribution in [1.29, 1.82) is 0 Å². The fraction of sp³-hybridized carbons (Fsp3) is 0.455. The smallest absolute Gasteiger partial charge is 0.163 e. The Kier molecular flexibility index (Phi) is 5.86. The first-order chi connectivity index (χ1) is 6.99. The molecule has 3 N–H and O–H groups in total. The summed E-state index contributed by atoms with van der Waals surface area (Å²) < 4.78 is 26.7. The summed E-state index contributed by atoms with van der Waals surface area (Å²) in [6, 6.07) is 1.98. The van der Waals surface area contributed by atoms with Crippen molar-refractivity contribution in [2.45, 2.75) is 32.4 Å². The Morgan fingerprint density at radius 2 is 1.88 bits per heavy atom. The summed E-state index contributed by atoms with van der Waals surface area (Å²) in [4.78, 5) is 0. The van der Waals surface area contributed by atoms with E-state index in [0.717, 1.165) is 0 Å². The van der Waals surface area contributed by atoms with E-state index in [1.807, 2.05) is 0 Å². The van der Waals surface area contributed by atoms with Crippen molar-refractivity contribution in [1.82, 2.24) is 0 Å². The van der Waals surface area contributed by atoms with Gasteiger partial charge in [-0.05, 0) is 18.9 Å². The number of hydrogen-bond acceptors (Lipinski definition) is 2. The molecule has 0 saturated carbocycles. The van der Waals surface area contributed by atoms with E-state index >= 15 is 0 Å². The fourth-order valence-electron chi connectivity index (χ4n) is 1.38. The second-order valence-electron chi connectivity index (χ2n) is 3.60. The van der Waals surface area contributed by atoms with Crippen molar-refractivity contribution >= 4 is 12.4 Å². The summed E-state index contributed by atoms with van der Waals surface area (Å²) in [7, 11) is 0. The third-order valence-corrected chi connectivity index (χ3v) is 2.50. The molecule has 2 nitrogen and oxygen atoms in total. The molecule has 0 radical (unpaired) electrons. The summed E-state index contributed by atoms with van der Waals surface area (Å²) >= 11 is 0. The van der Waals surface area contributed by atoms with Crippen LogP contribution in [0, 0.1) is 18.6 Å². The van der Waals surface area contributed by atoms with Crippen LogP contribution in [-0.2, 0) is 0 Å². The molecule has 0 aliphatic rings. The van der Waals surface area contributed by atoms with Crippen molar-refractivity contribution in [2.24, 2.45) is 5.73 Å². The minimum atomic E-state index is -0.963. The Labute approximate surface area is 99.9 Å². The molecule has 0 unspecified atom stereocenters. The second-order valence-corrected chi connectivity index (χ2v) is 3.60. The van der Waals surface area contributed by atoms with Gasteiger partial charge in [0.1, 0.15) is 0 Å². The lowest BCUT2D eigenvalue weighted by Crippen LogP contribution is -2.26. The number of halogens is 3. The number of rotatable bonds is 3. The molecule has 0 aliphatic heterocycles. The fourth-order valence-corrected chi connectivity index (χ4v) is 1.38. The predicted octanol–water partition coefficient (Wildman–Crippen LogP) is 2.47. The standard InChI is InChI=1S/C11H15F2NO.ClH/c1-3-8(15)11(14)7-5-4-6(2)9(12)10(7)13;/h4-5,8,11,15H,3,14H2,1-2H3;1H/t8-,11+;/m1./s1. The summed E-state index contributed by atoms with van der Waals surface area (Å²) in [6.07, 6.45) is -0.461. The Morgan fingerprint density at radius 3 is 2.38 bits per heavy atom. The second kappa shape index (κ2) is 6.13. The molecule has 0 aliphatic carbocycles. The number of aryl methyl sites for hydroxylation is 1. The number of hydrogen-bond donors (Lipinski definition) is 2. The third-order valence-electron chi connectivity index (χ3n) is 2.50. The zero-order chi connectivity index (χ0) is 11.6. The van der Waals surface area contributed by atoms with E-state index in [1.165, 1.54) is 19.1 Å². The van der Waals surface area contributed by atoms with Gasteiger partial charge in [0.25, 0.3) is 0 Å². The molecule has 0 amide bonds. The lowest BCUT2D eigenvalue weighted by molar-refractivity contribution is 0.138. The summed E-state index contributed by atoms with van der Waals surface area (Å²) in [5.41, 5.74) is 5.86. The normalized spacial score (nSPS) is 14.1. The van der Waals surface area contributed by atoms with Crippen LogP contribution >= 0.6 is 12.4 Å². The number of aliphatic hydroxyl groups excluding tert-OH is 1. The van der Waals surface area contributed by atoms with E-state index < -0.39 is 23.8 Å². The first-order valence-corrected chi connectivity index (χ1v) is 4.87. The maximum atomic E-state index is 13.4. The Bertz CT molecular complexity index is 360. The van der Waals surface area contributed by atoms with Gasteiger partial charge in [-0.3, -0.25) is 0 Å². The van der Waals surface area contributed by atoms with E-state index in [-0.39, 0.29) is 23.5 Å². The zero-order valence-electron chi connectivity index (χ0n) is 9.21. The Hall–Kier alpha value is -0.710. The zero-order valence-corrected chi connectivity index (χ0v) is 10.0. The highest BCUT2D eigenvalue weighted by Gasteiger charge is 2.21. The van der Waals surface area contributed by atoms with Crippen LogP contribution in [0.15, 0.2) is 12.1 Å². The highest BCUT2D eigenvalue weighted by molar-refractivity contribution is 5.85. The molecule has 1 aromatic rings. The van der Waals surface area contributed by atoms with Crippen LogP contribution in [0.1, 0.15) is 30.5 Å². The molecule has 1 aromatic carbocycles. The number of aliphatic hydroxyl groups is 1. The van der Waals surface area contributed by atoms with E-state index in [2.05, 4.69) is 0 Å². The Morgan fingerprint density at radius 1 is 1.31 bits per heavy atom. The maximum absolute atomic E-state index is 13.4. The largest absolute Gasteiger partial charge is 0.391 e. The van der Waals surface area contributed by atoms with Gasteiger partial charge in [0.15, 0.2) is 11.6 Å². The van der Waals surface area contributed by atoms with Crippen LogP contribution in [0.2, 0.25) is 0 Å². The summed E-state index contributed by atoms with van der Waals surface area (Å²) in [5.74, 6) is -1.86. The van der Waals surface area contributed by atoms with E-state index in [1.54, 1.807) is 6.92 Å². The average Bonchev–Trinajstić information content (AvgIpc) is 2.24. The summed E-state index contributed by atoms with van der Waals surface area (Å²) in [5, 5.41) is 9.45. The minimum absolute atomic E-state index is 0. The molecule has 2 atom stereocenters.